The summed E-state index contributed by atoms with van der Waals surface area (Å²) in [6, 6.07) is 10.9. The number of carbonyl (C=O) groups is 2. The van der Waals surface area contributed by atoms with E-state index in [1.807, 2.05) is 32.0 Å². The number of hydrogen-bond donors (Lipinski definition) is 2. The number of nitrogens with one attached hydrogen (secondary N) is 2. The van der Waals surface area contributed by atoms with Crippen LogP contribution >= 0.6 is 0 Å². The molecule has 1 aliphatic rings. The van der Waals surface area contributed by atoms with Crippen molar-refractivity contribution in [3.8, 4) is 5.75 Å². The molecule has 1 heterocycles. The first-order valence-corrected chi connectivity index (χ1v) is 7.49. The number of anilines is 2. The van der Waals surface area contributed by atoms with Gasteiger partial charge < -0.3 is 15.4 Å². The Morgan fingerprint density at radius 3 is 2.65 bits per heavy atom. The van der Waals surface area contributed by atoms with Crippen LogP contribution in [0.1, 0.15) is 27.9 Å². The van der Waals surface area contributed by atoms with E-state index in [0.717, 1.165) is 16.8 Å². The van der Waals surface area contributed by atoms with Crippen molar-refractivity contribution < 1.29 is 14.3 Å². The Balaban J connectivity index is 1.87. The average Bonchev–Trinajstić information content (AvgIpc) is 2.70. The SMILES string of the molecule is Cc1cccc(C)c1NC(=O)c1ccc2c(c1)NC(=O)CCO2. The third-order valence-corrected chi connectivity index (χ3v) is 3.82. The number of benzene rings is 2. The Hall–Kier alpha value is -2.82. The minimum atomic E-state index is -0.219. The first-order chi connectivity index (χ1) is 11.0. The summed E-state index contributed by atoms with van der Waals surface area (Å²) in [5.74, 6) is 0.249. The van der Waals surface area contributed by atoms with E-state index in [9.17, 15) is 9.59 Å². The van der Waals surface area contributed by atoms with Crippen LogP contribution in [-0.2, 0) is 4.79 Å². The van der Waals surface area contributed by atoms with Gasteiger partial charge in [0.25, 0.3) is 5.91 Å². The van der Waals surface area contributed by atoms with E-state index in [1.54, 1.807) is 18.2 Å². The van der Waals surface area contributed by atoms with E-state index >= 15 is 0 Å². The highest BCUT2D eigenvalue weighted by atomic mass is 16.5. The van der Waals surface area contributed by atoms with Gasteiger partial charge in [-0.25, -0.2) is 0 Å². The van der Waals surface area contributed by atoms with Crippen molar-refractivity contribution >= 4 is 23.2 Å². The second kappa shape index (κ2) is 6.12. The molecule has 0 aromatic heterocycles. The smallest absolute Gasteiger partial charge is 0.255 e. The summed E-state index contributed by atoms with van der Waals surface area (Å²) in [4.78, 5) is 24.1. The zero-order valence-electron chi connectivity index (χ0n) is 13.1. The summed E-state index contributed by atoms with van der Waals surface area (Å²) in [6.07, 6.45) is 0.304. The van der Waals surface area contributed by atoms with Gasteiger partial charge in [0.2, 0.25) is 5.91 Å². The largest absolute Gasteiger partial charge is 0.491 e. The maximum Gasteiger partial charge on any atom is 0.255 e. The third kappa shape index (κ3) is 3.18. The summed E-state index contributed by atoms with van der Waals surface area (Å²) < 4.78 is 5.50. The average molecular weight is 310 g/mol. The van der Waals surface area contributed by atoms with Gasteiger partial charge in [-0.3, -0.25) is 9.59 Å². The Morgan fingerprint density at radius 1 is 1.17 bits per heavy atom. The monoisotopic (exact) mass is 310 g/mol. The predicted molar refractivity (Wildman–Crippen MR) is 89.1 cm³/mol. The van der Waals surface area contributed by atoms with Crippen molar-refractivity contribution in [1.29, 1.82) is 0 Å². The van der Waals surface area contributed by atoms with Crippen LogP contribution in [0.25, 0.3) is 0 Å². The van der Waals surface area contributed by atoms with Gasteiger partial charge in [-0.05, 0) is 43.2 Å². The highest BCUT2D eigenvalue weighted by Gasteiger charge is 2.17. The topological polar surface area (TPSA) is 67.4 Å². The molecule has 3 rings (SSSR count). The molecule has 2 aromatic carbocycles. The van der Waals surface area contributed by atoms with Crippen LogP contribution in [0.4, 0.5) is 11.4 Å². The number of ether oxygens (including phenoxy) is 1. The van der Waals surface area contributed by atoms with E-state index in [2.05, 4.69) is 10.6 Å². The van der Waals surface area contributed by atoms with Gasteiger partial charge in [0.05, 0.1) is 18.7 Å². The van der Waals surface area contributed by atoms with E-state index in [-0.39, 0.29) is 11.8 Å². The molecular weight excluding hydrogens is 292 g/mol. The molecule has 0 bridgehead atoms. The molecule has 0 atom stereocenters. The number of rotatable bonds is 2. The molecule has 2 amide bonds. The van der Waals surface area contributed by atoms with Crippen LogP contribution in [0.3, 0.4) is 0 Å². The lowest BCUT2D eigenvalue weighted by molar-refractivity contribution is -0.116. The standard InChI is InChI=1S/C18H18N2O3/c1-11-4-3-5-12(2)17(11)20-18(22)13-6-7-15-14(10-13)19-16(21)8-9-23-15/h3-7,10H,8-9H2,1-2H3,(H,19,21)(H,20,22). The molecule has 0 spiro atoms. The van der Waals surface area contributed by atoms with Crippen LogP contribution in [0.5, 0.6) is 5.75 Å². The van der Waals surface area contributed by atoms with Crippen molar-refractivity contribution in [2.45, 2.75) is 20.3 Å². The van der Waals surface area contributed by atoms with Crippen molar-refractivity contribution in [1.82, 2.24) is 0 Å². The van der Waals surface area contributed by atoms with E-state index in [1.165, 1.54) is 0 Å². The number of aryl methyl sites for hydroxylation is 2. The number of amides is 2. The fourth-order valence-electron chi connectivity index (χ4n) is 2.56. The summed E-state index contributed by atoms with van der Waals surface area (Å²) in [7, 11) is 0. The quantitative estimate of drug-likeness (QED) is 0.894. The van der Waals surface area contributed by atoms with Gasteiger partial charge in [-0.15, -0.1) is 0 Å². The zero-order chi connectivity index (χ0) is 16.4. The fourth-order valence-corrected chi connectivity index (χ4v) is 2.56. The molecule has 0 saturated carbocycles. The first kappa shape index (κ1) is 15.1. The lowest BCUT2D eigenvalue weighted by Gasteiger charge is -2.13. The van der Waals surface area contributed by atoms with Gasteiger partial charge in [-0.1, -0.05) is 18.2 Å². The van der Waals surface area contributed by atoms with Crippen molar-refractivity contribution in [2.24, 2.45) is 0 Å². The van der Waals surface area contributed by atoms with Crippen molar-refractivity contribution in [3.05, 3.63) is 53.1 Å². The predicted octanol–water partition coefficient (Wildman–Crippen LogP) is 3.28. The summed E-state index contributed by atoms with van der Waals surface area (Å²) in [6.45, 7) is 4.24. The molecule has 2 aromatic rings. The summed E-state index contributed by atoms with van der Waals surface area (Å²) >= 11 is 0. The van der Waals surface area contributed by atoms with Crippen LogP contribution in [0, 0.1) is 13.8 Å². The van der Waals surface area contributed by atoms with Crippen LogP contribution in [0.15, 0.2) is 36.4 Å². The molecule has 23 heavy (non-hydrogen) atoms. The Labute approximate surface area is 134 Å². The molecule has 0 radical (unpaired) electrons. The molecule has 0 aliphatic carbocycles. The lowest BCUT2D eigenvalue weighted by atomic mass is 10.1. The van der Waals surface area contributed by atoms with Gasteiger partial charge in [0, 0.05) is 11.3 Å². The van der Waals surface area contributed by atoms with Crippen molar-refractivity contribution in [3.63, 3.8) is 0 Å². The molecule has 118 valence electrons. The van der Waals surface area contributed by atoms with Gasteiger partial charge in [-0.2, -0.15) is 0 Å². The van der Waals surface area contributed by atoms with Crippen LogP contribution in [0.2, 0.25) is 0 Å². The Morgan fingerprint density at radius 2 is 1.91 bits per heavy atom. The second-order valence-electron chi connectivity index (χ2n) is 5.58. The highest BCUT2D eigenvalue weighted by molar-refractivity contribution is 6.06. The number of hydrogen-bond acceptors (Lipinski definition) is 3. The number of carbonyl (C=O) groups excluding carboxylic acids is 2. The van der Waals surface area contributed by atoms with Gasteiger partial charge in [0.15, 0.2) is 0 Å². The molecular formula is C18H18N2O3. The van der Waals surface area contributed by atoms with E-state index < -0.39 is 0 Å². The molecule has 0 unspecified atom stereocenters. The highest BCUT2D eigenvalue weighted by Crippen LogP contribution is 2.29. The third-order valence-electron chi connectivity index (χ3n) is 3.82. The van der Waals surface area contributed by atoms with Crippen molar-refractivity contribution in [2.75, 3.05) is 17.2 Å². The molecule has 5 heteroatoms. The Kier molecular flexibility index (Phi) is 4.02. The molecule has 1 aliphatic heterocycles. The molecule has 0 fully saturated rings. The normalized spacial score (nSPS) is 13.4. The number of fused-ring (bicyclic) bond motifs is 1. The number of para-hydroxylation sites is 1. The zero-order valence-corrected chi connectivity index (χ0v) is 13.1. The lowest BCUT2D eigenvalue weighted by Crippen LogP contribution is -2.15. The van der Waals surface area contributed by atoms with Gasteiger partial charge in [0.1, 0.15) is 5.75 Å². The summed E-state index contributed by atoms with van der Waals surface area (Å²) in [5.41, 5.74) is 3.82. The van der Waals surface area contributed by atoms with E-state index in [0.29, 0.717) is 30.0 Å². The second-order valence-corrected chi connectivity index (χ2v) is 5.58. The maximum absolute atomic E-state index is 12.5. The maximum atomic E-state index is 12.5. The first-order valence-electron chi connectivity index (χ1n) is 7.49. The molecule has 2 N–H and O–H groups in total. The van der Waals surface area contributed by atoms with E-state index in [4.69, 9.17) is 4.74 Å². The van der Waals surface area contributed by atoms with Crippen LogP contribution < -0.4 is 15.4 Å². The fraction of sp³-hybridized carbons (Fsp3) is 0.222. The van der Waals surface area contributed by atoms with Crippen LogP contribution in [-0.4, -0.2) is 18.4 Å². The molecule has 0 saturated heterocycles. The Bertz CT molecular complexity index is 764. The van der Waals surface area contributed by atoms with Gasteiger partial charge >= 0.3 is 0 Å². The molecule has 5 nitrogen and oxygen atoms in total. The minimum Gasteiger partial charge on any atom is -0.491 e. The minimum absolute atomic E-state index is 0.115. The summed E-state index contributed by atoms with van der Waals surface area (Å²) in [5, 5.41) is 5.70.